The first kappa shape index (κ1) is 15.6. The lowest BCUT2D eigenvalue weighted by molar-refractivity contribution is -0.0801. The predicted octanol–water partition coefficient (Wildman–Crippen LogP) is 2.17. The molecule has 2 aliphatic heterocycles. The van der Waals surface area contributed by atoms with E-state index in [4.69, 9.17) is 9.47 Å². The molecule has 5 nitrogen and oxygen atoms in total. The summed E-state index contributed by atoms with van der Waals surface area (Å²) in [4.78, 5) is 13.8. The van der Waals surface area contributed by atoms with E-state index in [-0.39, 0.29) is 18.3 Å². The minimum atomic E-state index is -0.440. The second-order valence-electron chi connectivity index (χ2n) is 6.89. The molecule has 2 rings (SSSR count). The molecule has 1 amide bonds. The van der Waals surface area contributed by atoms with Crippen molar-refractivity contribution in [3.63, 3.8) is 0 Å². The predicted molar refractivity (Wildman–Crippen MR) is 75.5 cm³/mol. The van der Waals surface area contributed by atoms with Crippen LogP contribution in [-0.2, 0) is 9.47 Å². The van der Waals surface area contributed by atoms with E-state index < -0.39 is 5.60 Å². The molecule has 5 heteroatoms. The topological polar surface area (TPSA) is 59.0 Å². The SMILES string of the molecule is CC(C)(C)OC(=O)N1CCC([C@H]2C[C@@H](O)CCO2)CC1. The van der Waals surface area contributed by atoms with E-state index in [9.17, 15) is 9.90 Å². The molecule has 20 heavy (non-hydrogen) atoms. The highest BCUT2D eigenvalue weighted by Gasteiger charge is 2.33. The zero-order valence-corrected chi connectivity index (χ0v) is 12.8. The summed E-state index contributed by atoms with van der Waals surface area (Å²) in [7, 11) is 0. The zero-order chi connectivity index (χ0) is 14.8. The van der Waals surface area contributed by atoms with Crippen molar-refractivity contribution < 1.29 is 19.4 Å². The van der Waals surface area contributed by atoms with Crippen LogP contribution in [0, 0.1) is 5.92 Å². The normalized spacial score (nSPS) is 29.3. The molecular formula is C15H27NO4. The van der Waals surface area contributed by atoms with Gasteiger partial charge in [-0.15, -0.1) is 0 Å². The second-order valence-corrected chi connectivity index (χ2v) is 6.89. The highest BCUT2D eigenvalue weighted by Crippen LogP contribution is 2.29. The van der Waals surface area contributed by atoms with Gasteiger partial charge in [-0.3, -0.25) is 0 Å². The fourth-order valence-electron chi connectivity index (χ4n) is 2.92. The standard InChI is InChI=1S/C15H27NO4/c1-15(2,3)20-14(18)16-7-4-11(5-8-16)13-10-12(17)6-9-19-13/h11-13,17H,4-10H2,1-3H3/t12-,13+/m0/s1. The number of piperidine rings is 1. The van der Waals surface area contributed by atoms with Crippen LogP contribution in [0.2, 0.25) is 0 Å². The van der Waals surface area contributed by atoms with Crippen molar-refractivity contribution in [2.75, 3.05) is 19.7 Å². The third-order valence-corrected chi connectivity index (χ3v) is 4.00. The van der Waals surface area contributed by atoms with Crippen LogP contribution in [0.25, 0.3) is 0 Å². The van der Waals surface area contributed by atoms with E-state index in [2.05, 4.69) is 0 Å². The van der Waals surface area contributed by atoms with Crippen molar-refractivity contribution in [3.05, 3.63) is 0 Å². The molecular weight excluding hydrogens is 258 g/mol. The number of carbonyl (C=O) groups excluding carboxylic acids is 1. The van der Waals surface area contributed by atoms with Gasteiger partial charge in [0, 0.05) is 19.7 Å². The Labute approximate surface area is 121 Å². The van der Waals surface area contributed by atoms with Crippen molar-refractivity contribution in [2.24, 2.45) is 5.92 Å². The lowest BCUT2D eigenvalue weighted by Crippen LogP contribution is -2.45. The smallest absolute Gasteiger partial charge is 0.410 e. The fraction of sp³-hybridized carbons (Fsp3) is 0.933. The number of hydrogen-bond donors (Lipinski definition) is 1. The minimum Gasteiger partial charge on any atom is -0.444 e. The van der Waals surface area contributed by atoms with Crippen molar-refractivity contribution in [3.8, 4) is 0 Å². The maximum absolute atomic E-state index is 12.0. The highest BCUT2D eigenvalue weighted by molar-refractivity contribution is 5.68. The van der Waals surface area contributed by atoms with E-state index >= 15 is 0 Å². The average molecular weight is 285 g/mol. The Kier molecular flexibility index (Phi) is 4.91. The number of rotatable bonds is 1. The molecule has 0 aromatic heterocycles. The van der Waals surface area contributed by atoms with Crippen LogP contribution in [0.4, 0.5) is 4.79 Å². The molecule has 0 radical (unpaired) electrons. The first-order valence-electron chi connectivity index (χ1n) is 7.63. The monoisotopic (exact) mass is 285 g/mol. The van der Waals surface area contributed by atoms with Gasteiger partial charge in [-0.1, -0.05) is 0 Å². The lowest BCUT2D eigenvalue weighted by Gasteiger charge is -2.38. The maximum atomic E-state index is 12.0. The van der Waals surface area contributed by atoms with E-state index in [0.717, 1.165) is 38.8 Å². The summed E-state index contributed by atoms with van der Waals surface area (Å²) in [5.41, 5.74) is -0.440. The Balaban J connectivity index is 1.78. The summed E-state index contributed by atoms with van der Waals surface area (Å²) in [6.07, 6.45) is 3.04. The molecule has 0 bridgehead atoms. The van der Waals surface area contributed by atoms with Crippen LogP contribution in [0.3, 0.4) is 0 Å². The van der Waals surface area contributed by atoms with Gasteiger partial charge in [0.2, 0.25) is 0 Å². The molecule has 2 aliphatic rings. The van der Waals surface area contributed by atoms with Gasteiger partial charge in [-0.2, -0.15) is 0 Å². The van der Waals surface area contributed by atoms with Gasteiger partial charge in [-0.25, -0.2) is 4.79 Å². The number of aliphatic hydroxyl groups is 1. The summed E-state index contributed by atoms with van der Waals surface area (Å²) in [6, 6.07) is 0. The Bertz CT molecular complexity index is 331. The molecule has 116 valence electrons. The molecule has 0 spiro atoms. The lowest BCUT2D eigenvalue weighted by atomic mass is 9.87. The van der Waals surface area contributed by atoms with Crippen molar-refractivity contribution in [1.29, 1.82) is 0 Å². The van der Waals surface area contributed by atoms with Gasteiger partial charge in [0.05, 0.1) is 12.2 Å². The number of likely N-dealkylation sites (tertiary alicyclic amines) is 1. The Hall–Kier alpha value is -0.810. The Morgan fingerprint density at radius 1 is 1.25 bits per heavy atom. The maximum Gasteiger partial charge on any atom is 0.410 e. The van der Waals surface area contributed by atoms with Crippen LogP contribution < -0.4 is 0 Å². The molecule has 0 saturated carbocycles. The number of nitrogens with zero attached hydrogens (tertiary/aromatic N) is 1. The summed E-state index contributed by atoms with van der Waals surface area (Å²) in [6.45, 7) is 7.74. The molecule has 2 heterocycles. The van der Waals surface area contributed by atoms with Crippen molar-refractivity contribution in [2.45, 2.75) is 64.3 Å². The van der Waals surface area contributed by atoms with Crippen molar-refractivity contribution in [1.82, 2.24) is 4.90 Å². The van der Waals surface area contributed by atoms with Crippen LogP contribution in [0.15, 0.2) is 0 Å². The fourth-order valence-corrected chi connectivity index (χ4v) is 2.92. The number of aliphatic hydroxyl groups excluding tert-OH is 1. The molecule has 0 aromatic rings. The first-order chi connectivity index (χ1) is 9.35. The number of carbonyl (C=O) groups is 1. The third kappa shape index (κ3) is 4.35. The van der Waals surface area contributed by atoms with Gasteiger partial charge in [0.15, 0.2) is 0 Å². The zero-order valence-electron chi connectivity index (χ0n) is 12.8. The first-order valence-corrected chi connectivity index (χ1v) is 7.63. The highest BCUT2D eigenvalue weighted by atomic mass is 16.6. The number of hydrogen-bond acceptors (Lipinski definition) is 4. The van der Waals surface area contributed by atoms with Crippen LogP contribution >= 0.6 is 0 Å². The Morgan fingerprint density at radius 3 is 2.45 bits per heavy atom. The van der Waals surface area contributed by atoms with Crippen LogP contribution in [-0.4, -0.2) is 53.6 Å². The molecule has 0 aromatic carbocycles. The molecule has 2 saturated heterocycles. The molecule has 2 atom stereocenters. The van der Waals surface area contributed by atoms with E-state index in [1.54, 1.807) is 4.90 Å². The summed E-state index contributed by atoms with van der Waals surface area (Å²) in [5, 5.41) is 9.71. The van der Waals surface area contributed by atoms with Crippen molar-refractivity contribution >= 4 is 6.09 Å². The summed E-state index contributed by atoms with van der Waals surface area (Å²) < 4.78 is 11.2. The van der Waals surface area contributed by atoms with Crippen LogP contribution in [0.1, 0.15) is 46.5 Å². The average Bonchev–Trinajstić information content (AvgIpc) is 2.37. The summed E-state index contributed by atoms with van der Waals surface area (Å²) in [5.74, 6) is 0.448. The van der Waals surface area contributed by atoms with E-state index in [1.165, 1.54) is 0 Å². The van der Waals surface area contributed by atoms with Gasteiger partial charge < -0.3 is 19.5 Å². The second kappa shape index (κ2) is 6.31. The van der Waals surface area contributed by atoms with Gasteiger partial charge in [0.1, 0.15) is 5.60 Å². The number of amides is 1. The minimum absolute atomic E-state index is 0.152. The Morgan fingerprint density at radius 2 is 1.90 bits per heavy atom. The van der Waals surface area contributed by atoms with Gasteiger partial charge in [0.25, 0.3) is 0 Å². The van der Waals surface area contributed by atoms with Gasteiger partial charge >= 0.3 is 6.09 Å². The molecule has 0 aliphatic carbocycles. The molecule has 2 fully saturated rings. The molecule has 1 N–H and O–H groups in total. The van der Waals surface area contributed by atoms with Gasteiger partial charge in [-0.05, 0) is 52.4 Å². The third-order valence-electron chi connectivity index (χ3n) is 4.00. The largest absolute Gasteiger partial charge is 0.444 e. The van der Waals surface area contributed by atoms with Crippen LogP contribution in [0.5, 0.6) is 0 Å². The molecule has 0 unspecified atom stereocenters. The number of ether oxygens (including phenoxy) is 2. The quantitative estimate of drug-likeness (QED) is 0.802. The summed E-state index contributed by atoms with van der Waals surface area (Å²) >= 11 is 0. The van der Waals surface area contributed by atoms with E-state index in [1.807, 2.05) is 20.8 Å². The van der Waals surface area contributed by atoms with E-state index in [0.29, 0.717) is 12.5 Å².